The van der Waals surface area contributed by atoms with Gasteiger partial charge in [0.15, 0.2) is 0 Å². The summed E-state index contributed by atoms with van der Waals surface area (Å²) in [5, 5.41) is 8.30. The van der Waals surface area contributed by atoms with Crippen LogP contribution < -0.4 is 5.32 Å². The Balaban J connectivity index is 1.82. The molecular weight excluding hydrogens is 417 g/mol. The number of anilines is 1. The Morgan fingerprint density at radius 1 is 1.18 bits per heavy atom. The highest BCUT2D eigenvalue weighted by atomic mass is 35.5. The minimum Gasteiger partial charge on any atom is -0.306 e. The summed E-state index contributed by atoms with van der Waals surface area (Å²) in [7, 11) is -1.01. The number of carbonyl (C=O) groups is 1. The molecule has 144 valence electrons. The molecule has 1 aromatic heterocycles. The lowest BCUT2D eigenvalue weighted by atomic mass is 10.1. The summed E-state index contributed by atoms with van der Waals surface area (Å²) in [6.45, 7) is 4.03. The molecule has 1 amide bonds. The van der Waals surface area contributed by atoms with E-state index in [2.05, 4.69) is 10.4 Å². The summed E-state index contributed by atoms with van der Waals surface area (Å²) in [6.07, 6.45) is 0. The molecule has 0 fully saturated rings. The summed E-state index contributed by atoms with van der Waals surface area (Å²) in [6, 6.07) is 10.7. The Kier molecular flexibility index (Phi) is 5.04. The van der Waals surface area contributed by atoms with Gasteiger partial charge in [-0.25, -0.2) is 4.68 Å². The highest BCUT2D eigenvalue weighted by Crippen LogP contribution is 2.33. The van der Waals surface area contributed by atoms with Gasteiger partial charge < -0.3 is 5.32 Å². The van der Waals surface area contributed by atoms with E-state index in [1.165, 1.54) is 6.07 Å². The lowest BCUT2D eigenvalue weighted by Crippen LogP contribution is -2.17. The van der Waals surface area contributed by atoms with Crippen LogP contribution in [-0.4, -0.2) is 19.9 Å². The van der Waals surface area contributed by atoms with Crippen LogP contribution in [0.4, 0.5) is 5.82 Å². The molecule has 4 rings (SSSR count). The predicted molar refractivity (Wildman–Crippen MR) is 113 cm³/mol. The fourth-order valence-corrected chi connectivity index (χ4v) is 4.88. The lowest BCUT2D eigenvalue weighted by Gasteiger charge is -2.14. The van der Waals surface area contributed by atoms with Crippen LogP contribution in [0.2, 0.25) is 10.0 Å². The van der Waals surface area contributed by atoms with E-state index in [4.69, 9.17) is 23.2 Å². The number of hydrogen-bond donors (Lipinski definition) is 1. The van der Waals surface area contributed by atoms with Crippen LogP contribution in [0, 0.1) is 13.8 Å². The van der Waals surface area contributed by atoms with Crippen molar-refractivity contribution in [3.8, 4) is 5.69 Å². The highest BCUT2D eigenvalue weighted by molar-refractivity contribution is 7.83. The maximum Gasteiger partial charge on any atom is 0.258 e. The van der Waals surface area contributed by atoms with Crippen LogP contribution in [0.1, 0.15) is 32.7 Å². The molecule has 0 saturated carbocycles. The second-order valence-electron chi connectivity index (χ2n) is 6.71. The molecule has 0 radical (unpaired) electrons. The molecule has 0 aliphatic carbocycles. The number of nitrogens with one attached hydrogen (secondary N) is 1. The zero-order chi connectivity index (χ0) is 20.0. The molecule has 1 aliphatic rings. The van der Waals surface area contributed by atoms with E-state index in [1.807, 2.05) is 32.0 Å². The molecule has 1 aliphatic heterocycles. The summed E-state index contributed by atoms with van der Waals surface area (Å²) in [4.78, 5) is 12.9. The second-order valence-corrected chi connectivity index (χ2v) is 9.01. The van der Waals surface area contributed by atoms with Gasteiger partial charge in [-0.1, -0.05) is 35.3 Å². The average Bonchev–Trinajstić information content (AvgIpc) is 3.16. The van der Waals surface area contributed by atoms with E-state index < -0.39 is 10.8 Å². The first-order valence-electron chi connectivity index (χ1n) is 8.64. The monoisotopic (exact) mass is 433 g/mol. The van der Waals surface area contributed by atoms with E-state index in [9.17, 15) is 9.00 Å². The summed E-state index contributed by atoms with van der Waals surface area (Å²) in [5.41, 5.74) is 4.86. The number of amides is 1. The van der Waals surface area contributed by atoms with Gasteiger partial charge >= 0.3 is 0 Å². The van der Waals surface area contributed by atoms with Crippen LogP contribution >= 0.6 is 23.2 Å². The zero-order valence-electron chi connectivity index (χ0n) is 15.3. The van der Waals surface area contributed by atoms with Gasteiger partial charge in [0, 0.05) is 21.4 Å². The summed E-state index contributed by atoms with van der Waals surface area (Å²) < 4.78 is 13.8. The van der Waals surface area contributed by atoms with Gasteiger partial charge in [0.2, 0.25) is 0 Å². The van der Waals surface area contributed by atoms with E-state index in [1.54, 1.807) is 16.8 Å². The molecule has 0 saturated heterocycles. The molecule has 28 heavy (non-hydrogen) atoms. The number of nitrogens with zero attached hydrogens (tertiary/aromatic N) is 2. The van der Waals surface area contributed by atoms with Gasteiger partial charge in [-0.3, -0.25) is 9.00 Å². The maximum atomic E-state index is 12.9. The number of halogens is 2. The molecule has 1 N–H and O–H groups in total. The third-order valence-corrected chi connectivity index (χ3v) is 6.65. The van der Waals surface area contributed by atoms with Gasteiger partial charge in [-0.15, -0.1) is 0 Å². The van der Waals surface area contributed by atoms with Gasteiger partial charge in [0.25, 0.3) is 5.91 Å². The smallest absolute Gasteiger partial charge is 0.258 e. The van der Waals surface area contributed by atoms with Crippen molar-refractivity contribution in [2.24, 2.45) is 0 Å². The van der Waals surface area contributed by atoms with Crippen molar-refractivity contribution in [3.63, 3.8) is 0 Å². The number of hydrogen-bond acceptors (Lipinski definition) is 3. The van der Waals surface area contributed by atoms with Crippen LogP contribution in [0.3, 0.4) is 0 Å². The van der Waals surface area contributed by atoms with E-state index in [0.717, 1.165) is 28.1 Å². The summed E-state index contributed by atoms with van der Waals surface area (Å²) in [5.74, 6) is 0.877. The van der Waals surface area contributed by atoms with Gasteiger partial charge in [-0.05, 0) is 49.2 Å². The van der Waals surface area contributed by atoms with E-state index in [-0.39, 0.29) is 11.5 Å². The minimum absolute atomic E-state index is 0.274. The topological polar surface area (TPSA) is 64.0 Å². The van der Waals surface area contributed by atoms with Crippen molar-refractivity contribution >= 4 is 45.7 Å². The number of benzene rings is 2. The number of aromatic nitrogens is 2. The average molecular weight is 434 g/mol. The minimum atomic E-state index is -1.01. The number of aryl methyl sites for hydroxylation is 1. The van der Waals surface area contributed by atoms with Crippen LogP contribution in [-0.2, 0) is 22.3 Å². The Morgan fingerprint density at radius 2 is 1.96 bits per heavy atom. The van der Waals surface area contributed by atoms with Crippen LogP contribution in [0.15, 0.2) is 36.4 Å². The normalized spacial score (nSPS) is 15.5. The van der Waals surface area contributed by atoms with Crippen molar-refractivity contribution in [2.45, 2.75) is 25.4 Å². The van der Waals surface area contributed by atoms with Gasteiger partial charge in [-0.2, -0.15) is 5.10 Å². The molecule has 3 aromatic rings. The van der Waals surface area contributed by atoms with Crippen molar-refractivity contribution in [3.05, 3.63) is 74.4 Å². The highest BCUT2D eigenvalue weighted by Gasteiger charge is 2.29. The maximum absolute atomic E-state index is 12.9. The Hall–Kier alpha value is -2.15. The number of rotatable bonds is 3. The molecular formula is C20H17Cl2N3O2S. The van der Waals surface area contributed by atoms with Crippen molar-refractivity contribution in [1.82, 2.24) is 9.78 Å². The SMILES string of the molecule is Cc1cccc(-n2nc3c(c2NC(=O)c2cc(Cl)ccc2Cl)CS(=O)C3)c1C. The third-order valence-electron chi connectivity index (χ3n) is 4.88. The fraction of sp³-hybridized carbons (Fsp3) is 0.200. The van der Waals surface area contributed by atoms with Crippen molar-refractivity contribution in [2.75, 3.05) is 5.32 Å². The Morgan fingerprint density at radius 3 is 2.75 bits per heavy atom. The van der Waals surface area contributed by atoms with Gasteiger partial charge in [0.1, 0.15) is 5.82 Å². The van der Waals surface area contributed by atoms with Gasteiger partial charge in [0.05, 0.1) is 33.5 Å². The quantitative estimate of drug-likeness (QED) is 0.644. The molecule has 8 heteroatoms. The molecule has 1 unspecified atom stereocenters. The first-order chi connectivity index (χ1) is 13.3. The first kappa shape index (κ1) is 19.2. The molecule has 1 atom stereocenters. The molecule has 0 bridgehead atoms. The van der Waals surface area contributed by atoms with Crippen LogP contribution in [0.25, 0.3) is 5.69 Å². The molecule has 2 heterocycles. The Bertz CT molecular complexity index is 1140. The number of fused-ring (bicyclic) bond motifs is 1. The third kappa shape index (κ3) is 3.36. The standard InChI is InChI=1S/C20H17Cl2N3O2S/c1-11-4-3-5-18(12(11)2)25-19(15-9-28(27)10-17(15)24-25)23-20(26)14-8-13(21)6-7-16(14)22/h3-8H,9-10H2,1-2H3,(H,23,26). The lowest BCUT2D eigenvalue weighted by molar-refractivity contribution is 0.102. The summed E-state index contributed by atoms with van der Waals surface area (Å²) >= 11 is 12.2. The molecule has 5 nitrogen and oxygen atoms in total. The van der Waals surface area contributed by atoms with Crippen LogP contribution in [0.5, 0.6) is 0 Å². The molecule has 0 spiro atoms. The first-order valence-corrected chi connectivity index (χ1v) is 10.9. The van der Waals surface area contributed by atoms with Crippen molar-refractivity contribution in [1.29, 1.82) is 0 Å². The zero-order valence-corrected chi connectivity index (χ0v) is 17.6. The Labute approximate surface area is 175 Å². The molecule has 2 aromatic carbocycles. The second kappa shape index (κ2) is 7.35. The fourth-order valence-electron chi connectivity index (χ4n) is 3.24. The van der Waals surface area contributed by atoms with Crippen molar-refractivity contribution < 1.29 is 9.00 Å². The predicted octanol–water partition coefficient (Wildman–Crippen LogP) is 4.81. The largest absolute Gasteiger partial charge is 0.306 e. The number of carbonyl (C=O) groups excluding carboxylic acids is 1. The van der Waals surface area contributed by atoms with E-state index in [0.29, 0.717) is 27.4 Å². The van der Waals surface area contributed by atoms with E-state index >= 15 is 0 Å².